The van der Waals surface area contributed by atoms with Gasteiger partial charge in [-0.05, 0) is 30.3 Å². The number of carbonyl (C=O) groups excluding carboxylic acids is 1. The van der Waals surface area contributed by atoms with Crippen LogP contribution in [0.2, 0.25) is 10.0 Å². The average molecular weight is 509 g/mol. The first-order valence-electron chi connectivity index (χ1n) is 9.60. The van der Waals surface area contributed by atoms with Crippen molar-refractivity contribution in [1.82, 2.24) is 9.88 Å². The molecular weight excluding hydrogens is 494 g/mol. The first kappa shape index (κ1) is 23.0. The number of amides is 1. The lowest BCUT2D eigenvalue weighted by molar-refractivity contribution is 0.0765. The zero-order chi connectivity index (χ0) is 23.8. The Kier molecular flexibility index (Phi) is 6.30. The average Bonchev–Trinajstić information content (AvgIpc) is 3.15. The normalized spacial score (nSPS) is 15.2. The van der Waals surface area contributed by atoms with Gasteiger partial charge in [0.15, 0.2) is 9.84 Å². The number of carbonyl (C=O) groups is 1. The van der Waals surface area contributed by atoms with Gasteiger partial charge in [-0.2, -0.15) is 10.2 Å². The lowest BCUT2D eigenvalue weighted by Gasteiger charge is -2.26. The third-order valence-electron chi connectivity index (χ3n) is 5.00. The molecule has 0 unspecified atom stereocenters. The molecule has 1 aliphatic heterocycles. The Morgan fingerprint density at radius 3 is 2.45 bits per heavy atom. The van der Waals surface area contributed by atoms with Crippen LogP contribution in [0.15, 0.2) is 40.8 Å². The van der Waals surface area contributed by atoms with E-state index in [0.29, 0.717) is 5.56 Å². The van der Waals surface area contributed by atoms with Crippen molar-refractivity contribution < 1.29 is 22.0 Å². The van der Waals surface area contributed by atoms with Crippen LogP contribution >= 0.6 is 23.2 Å². The summed E-state index contributed by atoms with van der Waals surface area (Å²) in [5.74, 6) is -1.76. The van der Waals surface area contributed by atoms with Gasteiger partial charge in [-0.15, -0.1) is 0 Å². The minimum absolute atomic E-state index is 0.0111. The Bertz CT molecular complexity index is 1370. The van der Waals surface area contributed by atoms with E-state index in [1.165, 1.54) is 17.0 Å². The van der Waals surface area contributed by atoms with E-state index in [0.717, 1.165) is 6.07 Å². The summed E-state index contributed by atoms with van der Waals surface area (Å²) in [5, 5.41) is 12.7. The van der Waals surface area contributed by atoms with Crippen LogP contribution in [0.1, 0.15) is 16.1 Å². The lowest BCUT2D eigenvalue weighted by Crippen LogP contribution is -2.44. The number of rotatable bonds is 4. The van der Waals surface area contributed by atoms with Crippen molar-refractivity contribution in [2.45, 2.75) is 0 Å². The van der Waals surface area contributed by atoms with Gasteiger partial charge in [-0.1, -0.05) is 29.3 Å². The molecule has 3 aromatic rings. The molecule has 2 aromatic carbocycles. The second kappa shape index (κ2) is 9.02. The van der Waals surface area contributed by atoms with Crippen LogP contribution < -0.4 is 5.32 Å². The number of anilines is 2. The van der Waals surface area contributed by atoms with Gasteiger partial charge in [0.05, 0.1) is 32.7 Å². The van der Waals surface area contributed by atoms with E-state index >= 15 is 0 Å². The van der Waals surface area contributed by atoms with Crippen LogP contribution in [0.25, 0.3) is 11.5 Å². The standard InChI is InChI=1S/C21H15Cl2FN4O4S/c22-14-2-1-3-15(23)18(14)20-27-17(11-25)19(32-20)26-12-4-5-13(16(24)10-12)21(29)28-6-8-33(30,31)9-7-28/h1-5,10,26H,6-9H2. The number of aromatic nitrogens is 1. The van der Waals surface area contributed by atoms with Crippen molar-refractivity contribution in [3.05, 3.63) is 63.5 Å². The Balaban J connectivity index is 1.57. The number of sulfone groups is 1. The minimum atomic E-state index is -3.17. The SMILES string of the molecule is N#Cc1nc(-c2c(Cl)cccc2Cl)oc1Nc1ccc(C(=O)N2CCS(=O)(=O)CC2)c(F)c1. The van der Waals surface area contributed by atoms with E-state index < -0.39 is 21.6 Å². The van der Waals surface area contributed by atoms with Gasteiger partial charge in [0, 0.05) is 18.8 Å². The Hall–Kier alpha value is -3.13. The second-order valence-corrected chi connectivity index (χ2v) is 10.3. The molecule has 170 valence electrons. The molecule has 8 nitrogen and oxygen atoms in total. The summed E-state index contributed by atoms with van der Waals surface area (Å²) in [6.07, 6.45) is 0. The minimum Gasteiger partial charge on any atom is -0.419 e. The van der Waals surface area contributed by atoms with Gasteiger partial charge >= 0.3 is 0 Å². The summed E-state index contributed by atoms with van der Waals surface area (Å²) < 4.78 is 43.4. The van der Waals surface area contributed by atoms with Crippen molar-refractivity contribution in [3.8, 4) is 17.5 Å². The predicted octanol–water partition coefficient (Wildman–Crippen LogP) is 4.27. The van der Waals surface area contributed by atoms with Gasteiger partial charge in [0.25, 0.3) is 5.91 Å². The molecule has 1 amide bonds. The van der Waals surface area contributed by atoms with E-state index in [1.54, 1.807) is 18.2 Å². The Morgan fingerprint density at radius 2 is 1.85 bits per heavy atom. The molecule has 1 saturated heterocycles. The van der Waals surface area contributed by atoms with Gasteiger partial charge in [0.1, 0.15) is 11.9 Å². The van der Waals surface area contributed by atoms with Crippen LogP contribution in [-0.2, 0) is 9.84 Å². The van der Waals surface area contributed by atoms with Crippen molar-refractivity contribution in [2.24, 2.45) is 0 Å². The van der Waals surface area contributed by atoms with Crippen molar-refractivity contribution in [2.75, 3.05) is 29.9 Å². The van der Waals surface area contributed by atoms with E-state index in [9.17, 15) is 22.9 Å². The number of benzene rings is 2. The molecule has 0 aliphatic carbocycles. The Morgan fingerprint density at radius 1 is 1.18 bits per heavy atom. The lowest BCUT2D eigenvalue weighted by atomic mass is 10.1. The van der Waals surface area contributed by atoms with Crippen LogP contribution in [0.3, 0.4) is 0 Å². The van der Waals surface area contributed by atoms with Gasteiger partial charge in [-0.25, -0.2) is 12.8 Å². The molecule has 1 fully saturated rings. The highest BCUT2D eigenvalue weighted by atomic mass is 35.5. The molecule has 33 heavy (non-hydrogen) atoms. The number of hydrogen-bond acceptors (Lipinski definition) is 7. The molecule has 0 saturated carbocycles. The van der Waals surface area contributed by atoms with Crippen molar-refractivity contribution in [1.29, 1.82) is 5.26 Å². The quantitative estimate of drug-likeness (QED) is 0.558. The van der Waals surface area contributed by atoms with Gasteiger partial charge < -0.3 is 14.6 Å². The summed E-state index contributed by atoms with van der Waals surface area (Å²) in [5.41, 5.74) is 0.216. The van der Waals surface area contributed by atoms with Crippen LogP contribution in [0.4, 0.5) is 16.0 Å². The molecule has 1 aliphatic rings. The van der Waals surface area contributed by atoms with Gasteiger partial charge in [-0.3, -0.25) is 4.79 Å². The fourth-order valence-electron chi connectivity index (χ4n) is 3.27. The number of hydrogen-bond donors (Lipinski definition) is 1. The molecule has 1 aromatic heterocycles. The molecule has 0 spiro atoms. The van der Waals surface area contributed by atoms with Gasteiger partial charge in [0.2, 0.25) is 17.5 Å². The highest BCUT2D eigenvalue weighted by Crippen LogP contribution is 2.36. The largest absolute Gasteiger partial charge is 0.419 e. The molecule has 0 radical (unpaired) electrons. The molecule has 1 N–H and O–H groups in total. The van der Waals surface area contributed by atoms with Crippen LogP contribution in [-0.4, -0.2) is 48.8 Å². The number of nitrogens with one attached hydrogen (secondary N) is 1. The van der Waals surface area contributed by atoms with Crippen LogP contribution in [0.5, 0.6) is 0 Å². The zero-order valence-electron chi connectivity index (χ0n) is 16.8. The predicted molar refractivity (Wildman–Crippen MR) is 121 cm³/mol. The fourth-order valence-corrected chi connectivity index (χ4v) is 5.03. The molecule has 0 atom stereocenters. The topological polar surface area (TPSA) is 116 Å². The maximum Gasteiger partial charge on any atom is 0.256 e. The zero-order valence-corrected chi connectivity index (χ0v) is 19.1. The second-order valence-electron chi connectivity index (χ2n) is 7.17. The summed E-state index contributed by atoms with van der Waals surface area (Å²) in [4.78, 5) is 18.0. The third-order valence-corrected chi connectivity index (χ3v) is 7.24. The molecular formula is C21H15Cl2FN4O4S. The molecule has 0 bridgehead atoms. The highest BCUT2D eigenvalue weighted by Gasteiger charge is 2.27. The number of oxazole rings is 1. The summed E-state index contributed by atoms with van der Waals surface area (Å²) >= 11 is 12.3. The van der Waals surface area contributed by atoms with Crippen molar-refractivity contribution >= 4 is 50.5 Å². The fraction of sp³-hybridized carbons (Fsp3) is 0.190. The maximum absolute atomic E-state index is 14.7. The molecule has 4 rings (SSSR count). The monoisotopic (exact) mass is 508 g/mol. The van der Waals surface area contributed by atoms with E-state index in [-0.39, 0.29) is 63.4 Å². The highest BCUT2D eigenvalue weighted by molar-refractivity contribution is 7.91. The first-order valence-corrected chi connectivity index (χ1v) is 12.2. The third kappa shape index (κ3) is 4.80. The maximum atomic E-state index is 14.7. The van der Waals surface area contributed by atoms with E-state index in [4.69, 9.17) is 27.6 Å². The summed E-state index contributed by atoms with van der Waals surface area (Å²) in [6, 6.07) is 10.5. The summed E-state index contributed by atoms with van der Waals surface area (Å²) in [7, 11) is -3.17. The smallest absolute Gasteiger partial charge is 0.256 e. The van der Waals surface area contributed by atoms with E-state index in [2.05, 4.69) is 10.3 Å². The Labute approximate surface area is 198 Å². The van der Waals surface area contributed by atoms with E-state index in [1.807, 2.05) is 6.07 Å². The number of halogens is 3. The van der Waals surface area contributed by atoms with Crippen LogP contribution in [0, 0.1) is 17.1 Å². The molecule has 12 heteroatoms. The van der Waals surface area contributed by atoms with Crippen molar-refractivity contribution in [3.63, 3.8) is 0 Å². The first-order chi connectivity index (χ1) is 15.7. The summed E-state index contributed by atoms with van der Waals surface area (Å²) in [6.45, 7) is 0.0230. The molecule has 2 heterocycles. The number of nitriles is 1. The number of nitrogens with zero attached hydrogens (tertiary/aromatic N) is 3.